The minimum Gasteiger partial charge on any atom is -0.507 e. The van der Waals surface area contributed by atoms with Crippen molar-refractivity contribution >= 4 is 23.4 Å². The van der Waals surface area contributed by atoms with Gasteiger partial charge in [0.2, 0.25) is 5.91 Å². The zero-order chi connectivity index (χ0) is 18.1. The van der Waals surface area contributed by atoms with Crippen LogP contribution in [0.4, 0.5) is 0 Å². The van der Waals surface area contributed by atoms with E-state index in [0.29, 0.717) is 6.42 Å². The lowest BCUT2D eigenvalue weighted by molar-refractivity contribution is -0.125. The van der Waals surface area contributed by atoms with Gasteiger partial charge in [-0.1, -0.05) is 35.9 Å². The van der Waals surface area contributed by atoms with Crippen LogP contribution >= 0.6 is 11.6 Å². The summed E-state index contributed by atoms with van der Waals surface area (Å²) in [4.78, 5) is 26.7. The molecule has 0 fully saturated rings. The molecule has 1 aliphatic heterocycles. The molecule has 2 aromatic carbocycles. The fraction of sp³-hybridized carbons (Fsp3) is 0.222. The minimum atomic E-state index is -0.695. The maximum atomic E-state index is 13.0. The van der Waals surface area contributed by atoms with Crippen molar-refractivity contribution in [1.29, 1.82) is 0 Å². The number of halogens is 1. The molecular weight excluding hydrogens is 344 g/mol. The van der Waals surface area contributed by atoms with Crippen molar-refractivity contribution in [2.75, 3.05) is 7.05 Å². The van der Waals surface area contributed by atoms with E-state index >= 15 is 0 Å². The van der Waals surface area contributed by atoms with Crippen LogP contribution in [0.5, 0.6) is 11.5 Å². The van der Waals surface area contributed by atoms with Gasteiger partial charge in [-0.2, -0.15) is 0 Å². The molecule has 2 amide bonds. The molecule has 1 aliphatic rings. The monoisotopic (exact) mass is 360 g/mol. The Morgan fingerprint density at radius 3 is 2.52 bits per heavy atom. The molecule has 0 spiro atoms. The van der Waals surface area contributed by atoms with Gasteiger partial charge in [-0.25, -0.2) is 0 Å². The molecule has 6 nitrogen and oxygen atoms in total. The number of aromatic hydroxyl groups is 2. The third-order valence-corrected chi connectivity index (χ3v) is 4.66. The number of likely N-dealkylation sites (N-methyl/N-ethyl adjacent to an activating group) is 1. The van der Waals surface area contributed by atoms with Gasteiger partial charge in [0.05, 0.1) is 10.6 Å². The third kappa shape index (κ3) is 3.13. The van der Waals surface area contributed by atoms with E-state index in [9.17, 15) is 19.8 Å². The van der Waals surface area contributed by atoms with Crippen LogP contribution in [0, 0.1) is 0 Å². The molecule has 0 saturated heterocycles. The Bertz CT molecular complexity index is 853. The van der Waals surface area contributed by atoms with Crippen LogP contribution in [0.25, 0.3) is 0 Å². The predicted molar refractivity (Wildman–Crippen MR) is 92.7 cm³/mol. The first-order valence-corrected chi connectivity index (χ1v) is 8.11. The van der Waals surface area contributed by atoms with Crippen molar-refractivity contribution in [3.63, 3.8) is 0 Å². The van der Waals surface area contributed by atoms with Crippen molar-refractivity contribution < 1.29 is 19.8 Å². The maximum absolute atomic E-state index is 13.0. The summed E-state index contributed by atoms with van der Waals surface area (Å²) in [7, 11) is 1.51. The first kappa shape index (κ1) is 17.1. The number of nitrogens with one attached hydrogen (secondary N) is 1. The summed E-state index contributed by atoms with van der Waals surface area (Å²) in [6.07, 6.45) is 0.383. The van der Waals surface area contributed by atoms with Crippen LogP contribution < -0.4 is 5.32 Å². The van der Waals surface area contributed by atoms with E-state index in [0.717, 1.165) is 17.2 Å². The Morgan fingerprint density at radius 2 is 1.84 bits per heavy atom. The lowest BCUT2D eigenvalue weighted by Gasteiger charge is -2.36. The quantitative estimate of drug-likeness (QED) is 0.764. The molecular formula is C18H17ClN2O4. The van der Waals surface area contributed by atoms with Gasteiger partial charge in [-0.3, -0.25) is 9.59 Å². The molecule has 130 valence electrons. The van der Waals surface area contributed by atoms with E-state index in [1.807, 2.05) is 24.3 Å². The second-order valence-electron chi connectivity index (χ2n) is 5.86. The summed E-state index contributed by atoms with van der Waals surface area (Å²) in [6, 6.07) is 9.12. The summed E-state index contributed by atoms with van der Waals surface area (Å²) in [5.74, 6) is -1.52. The van der Waals surface area contributed by atoms with Gasteiger partial charge in [0.15, 0.2) is 0 Å². The third-order valence-electron chi connectivity index (χ3n) is 4.35. The van der Waals surface area contributed by atoms with E-state index in [4.69, 9.17) is 11.6 Å². The number of nitrogens with zero attached hydrogens (tertiary/aromatic N) is 1. The van der Waals surface area contributed by atoms with Crippen molar-refractivity contribution in [1.82, 2.24) is 10.2 Å². The van der Waals surface area contributed by atoms with Gasteiger partial charge >= 0.3 is 0 Å². The lowest BCUT2D eigenvalue weighted by atomic mass is 9.92. The van der Waals surface area contributed by atoms with Crippen molar-refractivity contribution in [2.24, 2.45) is 0 Å². The largest absolute Gasteiger partial charge is 0.507 e. The zero-order valence-corrected chi connectivity index (χ0v) is 14.2. The van der Waals surface area contributed by atoms with E-state index in [1.165, 1.54) is 18.0 Å². The highest BCUT2D eigenvalue weighted by atomic mass is 35.5. The van der Waals surface area contributed by atoms with Gasteiger partial charge in [-0.05, 0) is 17.2 Å². The van der Waals surface area contributed by atoms with Gasteiger partial charge in [-0.15, -0.1) is 0 Å². The van der Waals surface area contributed by atoms with Gasteiger partial charge < -0.3 is 20.4 Å². The predicted octanol–water partition coefficient (Wildman–Crippen LogP) is 2.06. The molecule has 3 N–H and O–H groups in total. The Kier molecular flexibility index (Phi) is 4.55. The molecule has 0 aromatic heterocycles. The number of phenolic OH excluding ortho intramolecular Hbond substituents is 2. The summed E-state index contributed by atoms with van der Waals surface area (Å²) < 4.78 is 0. The van der Waals surface area contributed by atoms with E-state index in [2.05, 4.69) is 5.32 Å². The van der Waals surface area contributed by atoms with E-state index in [-0.39, 0.29) is 34.5 Å². The molecule has 7 heteroatoms. The minimum absolute atomic E-state index is 0.0462. The molecule has 0 saturated carbocycles. The first-order valence-electron chi connectivity index (χ1n) is 7.73. The number of rotatable bonds is 2. The SMILES string of the molecule is CNC(=O)[C@H]1Cc2ccccc2CN1C(=O)c1cc(Cl)c(O)cc1O. The van der Waals surface area contributed by atoms with Crippen LogP contribution in [0.15, 0.2) is 36.4 Å². The van der Waals surface area contributed by atoms with Crippen LogP contribution in [0.3, 0.4) is 0 Å². The number of fused-ring (bicyclic) bond motifs is 1. The van der Waals surface area contributed by atoms with Gasteiger partial charge in [0.1, 0.15) is 17.5 Å². The Morgan fingerprint density at radius 1 is 1.16 bits per heavy atom. The lowest BCUT2D eigenvalue weighted by Crippen LogP contribution is -2.51. The highest BCUT2D eigenvalue weighted by Gasteiger charge is 2.35. The molecule has 0 radical (unpaired) electrons. The molecule has 1 atom stereocenters. The smallest absolute Gasteiger partial charge is 0.258 e. The van der Waals surface area contributed by atoms with Crippen molar-refractivity contribution in [3.05, 3.63) is 58.1 Å². The Balaban J connectivity index is 2.02. The van der Waals surface area contributed by atoms with Crippen molar-refractivity contribution in [3.8, 4) is 11.5 Å². The summed E-state index contributed by atoms with van der Waals surface area (Å²) >= 11 is 5.86. The van der Waals surface area contributed by atoms with E-state index < -0.39 is 11.9 Å². The molecule has 25 heavy (non-hydrogen) atoms. The van der Waals surface area contributed by atoms with Crippen LogP contribution in [-0.2, 0) is 17.8 Å². The number of amides is 2. The summed E-state index contributed by atoms with van der Waals surface area (Å²) in [5, 5.41) is 22.1. The molecule has 1 heterocycles. The highest BCUT2D eigenvalue weighted by molar-refractivity contribution is 6.32. The van der Waals surface area contributed by atoms with E-state index in [1.54, 1.807) is 0 Å². The topological polar surface area (TPSA) is 89.9 Å². The average Bonchev–Trinajstić information content (AvgIpc) is 2.62. The molecule has 0 unspecified atom stereocenters. The number of carbonyl (C=O) groups excluding carboxylic acids is 2. The van der Waals surface area contributed by atoms with Crippen LogP contribution in [-0.4, -0.2) is 40.0 Å². The molecule has 2 aromatic rings. The molecule has 0 aliphatic carbocycles. The number of benzene rings is 2. The zero-order valence-electron chi connectivity index (χ0n) is 13.5. The number of carbonyl (C=O) groups is 2. The van der Waals surface area contributed by atoms with Gasteiger partial charge in [0, 0.05) is 26.1 Å². The van der Waals surface area contributed by atoms with Crippen LogP contribution in [0.2, 0.25) is 5.02 Å². The Labute approximate surface area is 149 Å². The second-order valence-corrected chi connectivity index (χ2v) is 6.26. The number of phenols is 2. The number of hydrogen-bond acceptors (Lipinski definition) is 4. The fourth-order valence-electron chi connectivity index (χ4n) is 3.01. The summed E-state index contributed by atoms with van der Waals surface area (Å²) in [6.45, 7) is 0.241. The normalized spacial score (nSPS) is 16.2. The summed E-state index contributed by atoms with van der Waals surface area (Å²) in [5.41, 5.74) is 1.89. The van der Waals surface area contributed by atoms with Crippen molar-refractivity contribution in [2.45, 2.75) is 19.0 Å². The second kappa shape index (κ2) is 6.64. The standard InChI is InChI=1S/C18H17ClN2O4/c1-20-17(24)14-6-10-4-2-3-5-11(10)9-21(14)18(25)12-7-13(19)16(23)8-15(12)22/h2-5,7-8,14,22-23H,6,9H2,1H3,(H,20,24)/t14-/m1/s1. The van der Waals surface area contributed by atoms with Crippen LogP contribution in [0.1, 0.15) is 21.5 Å². The Hall–Kier alpha value is -2.73. The number of hydrogen-bond donors (Lipinski definition) is 3. The molecule has 0 bridgehead atoms. The highest BCUT2D eigenvalue weighted by Crippen LogP contribution is 2.33. The molecule has 3 rings (SSSR count). The maximum Gasteiger partial charge on any atom is 0.258 e. The first-order chi connectivity index (χ1) is 11.9. The van der Waals surface area contributed by atoms with Gasteiger partial charge in [0.25, 0.3) is 5.91 Å². The average molecular weight is 361 g/mol. The fourth-order valence-corrected chi connectivity index (χ4v) is 3.18.